The third-order valence-electron chi connectivity index (χ3n) is 3.17. The Hall–Kier alpha value is -2.34. The van der Waals surface area contributed by atoms with Gasteiger partial charge in [-0.05, 0) is 58.2 Å². The van der Waals surface area contributed by atoms with E-state index >= 15 is 0 Å². The van der Waals surface area contributed by atoms with E-state index in [1.54, 1.807) is 36.4 Å². The third kappa shape index (κ3) is 4.83. The number of nitrogens with two attached hydrogens (primary N) is 1. The van der Waals surface area contributed by atoms with Crippen LogP contribution in [0.3, 0.4) is 0 Å². The van der Waals surface area contributed by atoms with E-state index in [4.69, 9.17) is 10.5 Å². The molecule has 3 N–H and O–H groups in total. The maximum atomic E-state index is 12.3. The van der Waals surface area contributed by atoms with Gasteiger partial charge in [-0.25, -0.2) is 0 Å². The molecule has 0 bridgehead atoms. The first-order valence-electron chi connectivity index (χ1n) is 7.50. The molecule has 0 fully saturated rings. The van der Waals surface area contributed by atoms with Crippen molar-refractivity contribution in [2.75, 3.05) is 11.9 Å². The average molecular weight is 391 g/mol. The van der Waals surface area contributed by atoms with Crippen molar-refractivity contribution in [2.45, 2.75) is 13.8 Å². The Morgan fingerprint density at radius 3 is 2.54 bits per heavy atom. The predicted molar refractivity (Wildman–Crippen MR) is 97.4 cm³/mol. The fourth-order valence-electron chi connectivity index (χ4n) is 1.97. The van der Waals surface area contributed by atoms with E-state index in [0.717, 1.165) is 0 Å². The molecular weight excluding hydrogens is 372 g/mol. The van der Waals surface area contributed by atoms with Gasteiger partial charge in [-0.1, -0.05) is 19.9 Å². The van der Waals surface area contributed by atoms with Crippen molar-refractivity contribution in [2.24, 2.45) is 11.7 Å². The Balaban J connectivity index is 2.11. The van der Waals surface area contributed by atoms with Crippen LogP contribution in [-0.4, -0.2) is 18.4 Å². The highest BCUT2D eigenvalue weighted by Gasteiger charge is 2.11. The van der Waals surface area contributed by atoms with Crippen molar-refractivity contribution in [1.82, 2.24) is 0 Å². The van der Waals surface area contributed by atoms with Gasteiger partial charge in [-0.15, -0.1) is 0 Å². The zero-order chi connectivity index (χ0) is 17.7. The Bertz CT molecular complexity index is 760. The van der Waals surface area contributed by atoms with Gasteiger partial charge in [-0.3, -0.25) is 9.59 Å². The van der Waals surface area contributed by atoms with Gasteiger partial charge < -0.3 is 15.8 Å². The summed E-state index contributed by atoms with van der Waals surface area (Å²) in [5, 5.41) is 2.74. The van der Waals surface area contributed by atoms with E-state index in [1.165, 1.54) is 6.07 Å². The number of hydrogen-bond acceptors (Lipinski definition) is 3. The fourth-order valence-corrected chi connectivity index (χ4v) is 2.46. The minimum Gasteiger partial charge on any atom is -0.492 e. The lowest BCUT2D eigenvalue weighted by Gasteiger charge is -2.12. The Kier molecular flexibility index (Phi) is 5.98. The van der Waals surface area contributed by atoms with Crippen molar-refractivity contribution < 1.29 is 14.3 Å². The van der Waals surface area contributed by atoms with Crippen LogP contribution in [0.25, 0.3) is 0 Å². The molecule has 2 aromatic rings. The van der Waals surface area contributed by atoms with Crippen LogP contribution in [0.2, 0.25) is 0 Å². The zero-order valence-corrected chi connectivity index (χ0v) is 15.1. The van der Waals surface area contributed by atoms with Gasteiger partial charge in [0.15, 0.2) is 0 Å². The highest BCUT2D eigenvalue weighted by atomic mass is 79.9. The van der Waals surface area contributed by atoms with Crippen molar-refractivity contribution in [3.63, 3.8) is 0 Å². The summed E-state index contributed by atoms with van der Waals surface area (Å²) >= 11 is 3.42. The molecule has 0 aliphatic carbocycles. The number of primary amides is 1. The molecular formula is C18H19BrN2O3. The van der Waals surface area contributed by atoms with E-state index in [1.807, 2.05) is 0 Å². The lowest BCUT2D eigenvalue weighted by atomic mass is 10.1. The van der Waals surface area contributed by atoms with Crippen molar-refractivity contribution in [3.8, 4) is 5.75 Å². The molecule has 0 radical (unpaired) electrons. The molecule has 0 saturated heterocycles. The predicted octanol–water partition coefficient (Wildman–Crippen LogP) is 3.84. The van der Waals surface area contributed by atoms with Gasteiger partial charge in [0.25, 0.3) is 5.91 Å². The SMILES string of the molecule is CC(C)COc1ccc(C(=O)Nc2cccc(C(N)=O)c2)cc1Br. The summed E-state index contributed by atoms with van der Waals surface area (Å²) in [6, 6.07) is 11.6. The first-order valence-corrected chi connectivity index (χ1v) is 8.29. The molecule has 0 saturated carbocycles. The Labute approximate surface area is 149 Å². The molecule has 0 atom stereocenters. The van der Waals surface area contributed by atoms with Crippen molar-refractivity contribution in [1.29, 1.82) is 0 Å². The number of halogens is 1. The van der Waals surface area contributed by atoms with E-state index in [-0.39, 0.29) is 5.91 Å². The Morgan fingerprint density at radius 2 is 1.92 bits per heavy atom. The van der Waals surface area contributed by atoms with Crippen molar-refractivity contribution >= 4 is 33.4 Å². The van der Waals surface area contributed by atoms with Crippen molar-refractivity contribution in [3.05, 3.63) is 58.1 Å². The number of carbonyl (C=O) groups is 2. The highest BCUT2D eigenvalue weighted by molar-refractivity contribution is 9.10. The smallest absolute Gasteiger partial charge is 0.255 e. The van der Waals surface area contributed by atoms with E-state index in [2.05, 4.69) is 35.1 Å². The van der Waals surface area contributed by atoms with Crippen LogP contribution in [0, 0.1) is 5.92 Å². The molecule has 2 amide bonds. The highest BCUT2D eigenvalue weighted by Crippen LogP contribution is 2.27. The zero-order valence-electron chi connectivity index (χ0n) is 13.5. The standard InChI is InChI=1S/C18H19BrN2O3/c1-11(2)10-24-16-7-6-13(9-15(16)19)18(23)21-14-5-3-4-12(8-14)17(20)22/h3-9,11H,10H2,1-2H3,(H2,20,22)(H,21,23). The molecule has 0 unspecified atom stereocenters. The summed E-state index contributed by atoms with van der Waals surface area (Å²) in [5.41, 5.74) is 6.56. The number of carbonyl (C=O) groups excluding carboxylic acids is 2. The molecule has 5 nitrogen and oxygen atoms in total. The van der Waals surface area contributed by atoms with Crippen LogP contribution < -0.4 is 15.8 Å². The summed E-state index contributed by atoms with van der Waals surface area (Å²) in [6.45, 7) is 4.73. The maximum absolute atomic E-state index is 12.3. The molecule has 126 valence electrons. The number of hydrogen-bond donors (Lipinski definition) is 2. The molecule has 0 heterocycles. The average Bonchev–Trinajstić information content (AvgIpc) is 2.53. The second-order valence-electron chi connectivity index (χ2n) is 5.75. The quantitative estimate of drug-likeness (QED) is 0.785. The van der Waals surface area contributed by atoms with E-state index in [9.17, 15) is 9.59 Å². The van der Waals surface area contributed by atoms with Crippen LogP contribution in [-0.2, 0) is 0 Å². The first-order chi connectivity index (χ1) is 11.4. The normalized spacial score (nSPS) is 10.5. The largest absolute Gasteiger partial charge is 0.492 e. The summed E-state index contributed by atoms with van der Waals surface area (Å²) in [6.07, 6.45) is 0. The van der Waals surface area contributed by atoms with Gasteiger partial charge in [-0.2, -0.15) is 0 Å². The minimum atomic E-state index is -0.541. The van der Waals surface area contributed by atoms with Gasteiger partial charge in [0, 0.05) is 16.8 Å². The molecule has 6 heteroatoms. The number of ether oxygens (including phenoxy) is 1. The monoisotopic (exact) mass is 390 g/mol. The number of amides is 2. The summed E-state index contributed by atoms with van der Waals surface area (Å²) in [4.78, 5) is 23.5. The number of nitrogens with one attached hydrogen (secondary N) is 1. The summed E-state index contributed by atoms with van der Waals surface area (Å²) < 4.78 is 6.37. The number of rotatable bonds is 6. The number of benzene rings is 2. The van der Waals surface area contributed by atoms with Crippen LogP contribution >= 0.6 is 15.9 Å². The minimum absolute atomic E-state index is 0.285. The van der Waals surface area contributed by atoms with Gasteiger partial charge >= 0.3 is 0 Å². The summed E-state index contributed by atoms with van der Waals surface area (Å²) in [7, 11) is 0. The fraction of sp³-hybridized carbons (Fsp3) is 0.222. The second-order valence-corrected chi connectivity index (χ2v) is 6.60. The molecule has 0 spiro atoms. The van der Waals surface area contributed by atoms with Crippen LogP contribution in [0.15, 0.2) is 46.9 Å². The second kappa shape index (κ2) is 7.97. The molecule has 0 aromatic heterocycles. The van der Waals surface area contributed by atoms with Gasteiger partial charge in [0.05, 0.1) is 11.1 Å². The van der Waals surface area contributed by atoms with Crippen LogP contribution in [0.4, 0.5) is 5.69 Å². The van der Waals surface area contributed by atoms with E-state index < -0.39 is 5.91 Å². The van der Waals surface area contributed by atoms with Gasteiger partial charge in [0.1, 0.15) is 5.75 Å². The molecule has 2 rings (SSSR count). The molecule has 2 aromatic carbocycles. The lowest BCUT2D eigenvalue weighted by molar-refractivity contribution is 0.0996. The van der Waals surface area contributed by atoms with E-state index in [0.29, 0.717) is 39.6 Å². The first kappa shape index (κ1) is 18.0. The summed E-state index contributed by atoms with van der Waals surface area (Å²) in [5.74, 6) is 0.279. The topological polar surface area (TPSA) is 81.4 Å². The third-order valence-corrected chi connectivity index (χ3v) is 3.79. The lowest BCUT2D eigenvalue weighted by Crippen LogP contribution is -2.14. The Morgan fingerprint density at radius 1 is 1.17 bits per heavy atom. The van der Waals surface area contributed by atoms with Gasteiger partial charge in [0.2, 0.25) is 5.91 Å². The molecule has 0 aliphatic heterocycles. The maximum Gasteiger partial charge on any atom is 0.255 e. The van der Waals surface area contributed by atoms with Crippen LogP contribution in [0.1, 0.15) is 34.6 Å². The van der Waals surface area contributed by atoms with Crippen LogP contribution in [0.5, 0.6) is 5.75 Å². The molecule has 24 heavy (non-hydrogen) atoms. The number of anilines is 1. The molecule has 0 aliphatic rings.